The zero-order chi connectivity index (χ0) is 14.7. The summed E-state index contributed by atoms with van der Waals surface area (Å²) in [6, 6.07) is 3.87. The number of rotatable bonds is 5. The first-order valence-corrected chi connectivity index (χ1v) is 6.49. The number of ether oxygens (including phenoxy) is 3. The third kappa shape index (κ3) is 2.31. The molecule has 1 heterocycles. The number of hydrogen-bond acceptors (Lipinski definition) is 4. The van der Waals surface area contributed by atoms with E-state index in [1.54, 1.807) is 21.3 Å². The fourth-order valence-corrected chi connectivity index (χ4v) is 2.29. The number of aromatic nitrogens is 2. The summed E-state index contributed by atoms with van der Waals surface area (Å²) in [7, 11) is 4.83. The van der Waals surface area contributed by atoms with Crippen LogP contribution in [0, 0.1) is 6.92 Å². The van der Waals surface area contributed by atoms with Crippen molar-refractivity contribution in [2.45, 2.75) is 20.4 Å². The van der Waals surface area contributed by atoms with Crippen LogP contribution in [-0.2, 0) is 6.54 Å². The van der Waals surface area contributed by atoms with Crippen LogP contribution in [0.2, 0.25) is 0 Å². The van der Waals surface area contributed by atoms with Crippen LogP contribution in [0.5, 0.6) is 17.2 Å². The normalized spacial score (nSPS) is 10.4. The predicted octanol–water partition coefficient (Wildman–Crippen LogP) is 2.90. The molecule has 0 fully saturated rings. The Balaban J connectivity index is 2.59. The highest BCUT2D eigenvalue weighted by Gasteiger charge is 2.16. The molecule has 0 atom stereocenters. The van der Waals surface area contributed by atoms with Crippen molar-refractivity contribution >= 4 is 0 Å². The maximum atomic E-state index is 5.38. The van der Waals surface area contributed by atoms with Gasteiger partial charge in [-0.25, -0.2) is 0 Å². The second-order valence-electron chi connectivity index (χ2n) is 4.37. The predicted molar refractivity (Wildman–Crippen MR) is 77.7 cm³/mol. The number of aryl methyl sites for hydroxylation is 1. The first kappa shape index (κ1) is 14.2. The molecule has 5 nitrogen and oxygen atoms in total. The maximum Gasteiger partial charge on any atom is 0.203 e. The number of methoxy groups -OCH3 is 3. The minimum Gasteiger partial charge on any atom is -0.493 e. The minimum absolute atomic E-state index is 0.597. The van der Waals surface area contributed by atoms with Gasteiger partial charge in [-0.05, 0) is 31.5 Å². The van der Waals surface area contributed by atoms with Gasteiger partial charge in [0.05, 0.1) is 27.5 Å². The van der Waals surface area contributed by atoms with Crippen molar-refractivity contribution in [3.63, 3.8) is 0 Å². The molecule has 0 N–H and O–H groups in total. The van der Waals surface area contributed by atoms with Gasteiger partial charge in [0.25, 0.3) is 0 Å². The quantitative estimate of drug-likeness (QED) is 0.842. The van der Waals surface area contributed by atoms with Crippen LogP contribution in [0.1, 0.15) is 12.6 Å². The lowest BCUT2D eigenvalue weighted by Gasteiger charge is -2.14. The van der Waals surface area contributed by atoms with Crippen LogP contribution in [-0.4, -0.2) is 31.1 Å². The largest absolute Gasteiger partial charge is 0.493 e. The van der Waals surface area contributed by atoms with Crippen LogP contribution in [0.15, 0.2) is 18.3 Å². The Morgan fingerprint density at radius 2 is 1.65 bits per heavy atom. The highest BCUT2D eigenvalue weighted by molar-refractivity contribution is 5.72. The summed E-state index contributed by atoms with van der Waals surface area (Å²) in [6.07, 6.45) is 1.86. The van der Waals surface area contributed by atoms with Crippen molar-refractivity contribution in [3.8, 4) is 28.4 Å². The van der Waals surface area contributed by atoms with Crippen molar-refractivity contribution in [2.24, 2.45) is 0 Å². The molecule has 1 aromatic carbocycles. The molecule has 108 valence electrons. The molecule has 0 spiro atoms. The Hall–Kier alpha value is -2.17. The first-order valence-electron chi connectivity index (χ1n) is 6.49. The molecule has 5 heteroatoms. The molecule has 0 unspecified atom stereocenters. The Kier molecular flexibility index (Phi) is 4.17. The van der Waals surface area contributed by atoms with E-state index in [-0.39, 0.29) is 0 Å². The lowest BCUT2D eigenvalue weighted by atomic mass is 10.1. The lowest BCUT2D eigenvalue weighted by molar-refractivity contribution is 0.324. The summed E-state index contributed by atoms with van der Waals surface area (Å²) in [6.45, 7) is 4.96. The number of hydrogen-bond donors (Lipinski definition) is 0. The molecule has 0 bridgehead atoms. The van der Waals surface area contributed by atoms with Gasteiger partial charge in [-0.15, -0.1) is 0 Å². The van der Waals surface area contributed by atoms with Crippen LogP contribution in [0.3, 0.4) is 0 Å². The third-order valence-corrected chi connectivity index (χ3v) is 3.38. The highest BCUT2D eigenvalue weighted by atomic mass is 16.5. The van der Waals surface area contributed by atoms with Crippen molar-refractivity contribution in [1.82, 2.24) is 9.78 Å². The van der Waals surface area contributed by atoms with Crippen LogP contribution in [0.4, 0.5) is 0 Å². The van der Waals surface area contributed by atoms with E-state index in [0.29, 0.717) is 17.2 Å². The monoisotopic (exact) mass is 276 g/mol. The summed E-state index contributed by atoms with van der Waals surface area (Å²) in [5, 5.41) is 4.37. The molecule has 0 aliphatic heterocycles. The van der Waals surface area contributed by atoms with Gasteiger partial charge in [0, 0.05) is 17.8 Å². The number of nitrogens with zero attached hydrogens (tertiary/aromatic N) is 2. The molecule has 0 amide bonds. The van der Waals surface area contributed by atoms with E-state index in [1.165, 1.54) is 0 Å². The second-order valence-corrected chi connectivity index (χ2v) is 4.37. The van der Waals surface area contributed by atoms with Gasteiger partial charge >= 0.3 is 0 Å². The van der Waals surface area contributed by atoms with Gasteiger partial charge in [0.2, 0.25) is 5.75 Å². The first-order chi connectivity index (χ1) is 9.65. The molecule has 20 heavy (non-hydrogen) atoms. The van der Waals surface area contributed by atoms with Gasteiger partial charge < -0.3 is 14.2 Å². The molecular formula is C15H20N2O3. The van der Waals surface area contributed by atoms with Gasteiger partial charge in [-0.3, -0.25) is 4.68 Å². The van der Waals surface area contributed by atoms with Crippen molar-refractivity contribution in [2.75, 3.05) is 21.3 Å². The average Bonchev–Trinajstić information content (AvgIpc) is 2.86. The van der Waals surface area contributed by atoms with Gasteiger partial charge in [0.1, 0.15) is 0 Å². The van der Waals surface area contributed by atoms with E-state index in [2.05, 4.69) is 18.9 Å². The molecule has 2 aromatic rings. The van der Waals surface area contributed by atoms with E-state index in [0.717, 1.165) is 23.4 Å². The molecule has 0 radical (unpaired) electrons. The lowest BCUT2D eigenvalue weighted by Crippen LogP contribution is -1.99. The standard InChI is InChI=1S/C15H20N2O3/c1-6-17-10(2)12(9-16-17)11-7-13(18-3)15(20-5)14(8-11)19-4/h7-9H,6H2,1-5H3. The summed E-state index contributed by atoms with van der Waals surface area (Å²) < 4.78 is 18.1. The average molecular weight is 276 g/mol. The Labute approximate surface area is 119 Å². The highest BCUT2D eigenvalue weighted by Crippen LogP contribution is 2.41. The van der Waals surface area contributed by atoms with E-state index < -0.39 is 0 Å². The van der Waals surface area contributed by atoms with Crippen LogP contribution >= 0.6 is 0 Å². The molecule has 0 saturated heterocycles. The van der Waals surface area contributed by atoms with Crippen LogP contribution < -0.4 is 14.2 Å². The molecule has 0 aliphatic rings. The minimum atomic E-state index is 0.597. The summed E-state index contributed by atoms with van der Waals surface area (Å²) >= 11 is 0. The zero-order valence-electron chi connectivity index (χ0n) is 12.6. The molecule has 1 aromatic heterocycles. The molecule has 2 rings (SSSR count). The third-order valence-electron chi connectivity index (χ3n) is 3.38. The van der Waals surface area contributed by atoms with Crippen molar-refractivity contribution in [3.05, 3.63) is 24.0 Å². The summed E-state index contributed by atoms with van der Waals surface area (Å²) in [5.74, 6) is 1.88. The van der Waals surface area contributed by atoms with Crippen LogP contribution in [0.25, 0.3) is 11.1 Å². The smallest absolute Gasteiger partial charge is 0.203 e. The Bertz CT molecular complexity index is 580. The fourth-order valence-electron chi connectivity index (χ4n) is 2.29. The fraction of sp³-hybridized carbons (Fsp3) is 0.400. The van der Waals surface area contributed by atoms with E-state index in [9.17, 15) is 0 Å². The zero-order valence-corrected chi connectivity index (χ0v) is 12.6. The van der Waals surface area contributed by atoms with Gasteiger partial charge in [-0.1, -0.05) is 0 Å². The Morgan fingerprint density at radius 1 is 1.05 bits per heavy atom. The van der Waals surface area contributed by atoms with Crippen molar-refractivity contribution in [1.29, 1.82) is 0 Å². The molecule has 0 saturated carbocycles. The topological polar surface area (TPSA) is 45.5 Å². The molecular weight excluding hydrogens is 256 g/mol. The maximum absolute atomic E-state index is 5.38. The molecule has 0 aliphatic carbocycles. The SMILES string of the molecule is CCn1ncc(-c2cc(OC)c(OC)c(OC)c2)c1C. The van der Waals surface area contributed by atoms with E-state index in [4.69, 9.17) is 14.2 Å². The van der Waals surface area contributed by atoms with Gasteiger partial charge in [-0.2, -0.15) is 5.10 Å². The van der Waals surface area contributed by atoms with E-state index in [1.807, 2.05) is 23.0 Å². The van der Waals surface area contributed by atoms with Crippen molar-refractivity contribution < 1.29 is 14.2 Å². The number of benzene rings is 1. The van der Waals surface area contributed by atoms with Gasteiger partial charge in [0.15, 0.2) is 11.5 Å². The Morgan fingerprint density at radius 3 is 2.05 bits per heavy atom. The second kappa shape index (κ2) is 5.86. The van der Waals surface area contributed by atoms with E-state index >= 15 is 0 Å². The summed E-state index contributed by atoms with van der Waals surface area (Å²) in [4.78, 5) is 0. The summed E-state index contributed by atoms with van der Waals surface area (Å²) in [5.41, 5.74) is 3.17.